The van der Waals surface area contributed by atoms with Gasteiger partial charge in [-0.25, -0.2) is 0 Å². The minimum Gasteiger partial charge on any atom is -0.315 e. The average Bonchev–Trinajstić information content (AvgIpc) is 3.16. The predicted octanol–water partition coefficient (Wildman–Crippen LogP) is 4.63. The number of anilines is 1. The molecule has 2 aliphatic carbocycles. The Kier molecular flexibility index (Phi) is 3.40. The van der Waals surface area contributed by atoms with Gasteiger partial charge in [-0.1, -0.05) is 36.8 Å². The first-order valence-electron chi connectivity index (χ1n) is 8.46. The van der Waals surface area contributed by atoms with E-state index in [1.54, 1.807) is 0 Å². The first-order chi connectivity index (χ1) is 10.7. The van der Waals surface area contributed by atoms with Gasteiger partial charge in [-0.05, 0) is 59.9 Å². The van der Waals surface area contributed by atoms with Gasteiger partial charge in [0.05, 0.1) is 0 Å². The third-order valence-corrected chi connectivity index (χ3v) is 5.82. The normalized spacial score (nSPS) is 26.5. The molecule has 0 N–H and O–H groups in total. The molecule has 2 aliphatic rings. The fraction of sp³-hybridized carbons (Fsp3) is 0.450. The molecular formula is C20H23NO. The van der Waals surface area contributed by atoms with Gasteiger partial charge in [0.25, 0.3) is 0 Å². The number of benzene rings is 2. The first kappa shape index (κ1) is 13.8. The largest absolute Gasteiger partial charge is 0.315 e. The van der Waals surface area contributed by atoms with Gasteiger partial charge in [-0.15, -0.1) is 0 Å². The Bertz CT molecular complexity index is 708. The van der Waals surface area contributed by atoms with Gasteiger partial charge in [0.2, 0.25) is 5.91 Å². The van der Waals surface area contributed by atoms with E-state index in [0.717, 1.165) is 23.9 Å². The van der Waals surface area contributed by atoms with E-state index in [1.165, 1.54) is 36.5 Å². The van der Waals surface area contributed by atoms with Crippen molar-refractivity contribution < 1.29 is 4.79 Å². The summed E-state index contributed by atoms with van der Waals surface area (Å²) in [5.74, 6) is 2.63. The van der Waals surface area contributed by atoms with Crippen molar-refractivity contribution in [2.75, 3.05) is 11.9 Å². The van der Waals surface area contributed by atoms with Crippen LogP contribution < -0.4 is 4.90 Å². The average molecular weight is 293 g/mol. The molecule has 0 aliphatic heterocycles. The number of amides is 1. The summed E-state index contributed by atoms with van der Waals surface area (Å²) in [4.78, 5) is 14.5. The fourth-order valence-electron chi connectivity index (χ4n) is 4.52. The van der Waals surface area contributed by atoms with Crippen LogP contribution in [0.5, 0.6) is 0 Å². The molecule has 0 saturated heterocycles. The van der Waals surface area contributed by atoms with Crippen LogP contribution in [0.1, 0.15) is 32.1 Å². The lowest BCUT2D eigenvalue weighted by molar-refractivity contribution is -0.119. The Balaban J connectivity index is 1.49. The lowest BCUT2D eigenvalue weighted by atomic mass is 9.86. The van der Waals surface area contributed by atoms with E-state index >= 15 is 0 Å². The summed E-state index contributed by atoms with van der Waals surface area (Å²) in [5.41, 5.74) is 1.01. The summed E-state index contributed by atoms with van der Waals surface area (Å²) < 4.78 is 0. The molecule has 1 amide bonds. The van der Waals surface area contributed by atoms with Crippen molar-refractivity contribution in [3.8, 4) is 0 Å². The van der Waals surface area contributed by atoms with Crippen molar-refractivity contribution in [2.45, 2.75) is 32.1 Å². The van der Waals surface area contributed by atoms with Gasteiger partial charge < -0.3 is 4.90 Å². The summed E-state index contributed by atoms with van der Waals surface area (Å²) in [6, 6.07) is 14.6. The zero-order valence-corrected chi connectivity index (χ0v) is 13.2. The van der Waals surface area contributed by atoms with Crippen LogP contribution in [-0.4, -0.2) is 13.0 Å². The van der Waals surface area contributed by atoms with Gasteiger partial charge >= 0.3 is 0 Å². The maximum atomic E-state index is 12.6. The van der Waals surface area contributed by atoms with Crippen LogP contribution in [0.4, 0.5) is 5.69 Å². The highest BCUT2D eigenvalue weighted by Crippen LogP contribution is 2.49. The van der Waals surface area contributed by atoms with Crippen LogP contribution in [0.25, 0.3) is 10.8 Å². The molecule has 2 heteroatoms. The highest BCUT2D eigenvalue weighted by atomic mass is 16.2. The molecule has 2 bridgehead atoms. The van der Waals surface area contributed by atoms with Crippen LogP contribution in [0.2, 0.25) is 0 Å². The number of carbonyl (C=O) groups is 1. The molecule has 0 radical (unpaired) electrons. The highest BCUT2D eigenvalue weighted by Gasteiger charge is 2.40. The maximum Gasteiger partial charge on any atom is 0.227 e. The minimum absolute atomic E-state index is 0.271. The first-order valence-corrected chi connectivity index (χ1v) is 8.46. The van der Waals surface area contributed by atoms with Crippen molar-refractivity contribution in [1.82, 2.24) is 0 Å². The van der Waals surface area contributed by atoms with Gasteiger partial charge in [0.15, 0.2) is 0 Å². The standard InChI is InChI=1S/C20H23NO/c1-21(19-9-8-15-4-2-3-5-16(15)12-19)20(22)13-18-11-14-6-7-17(18)10-14/h2-5,8-9,12,14,17-18H,6-7,10-11,13H2,1H3. The molecule has 0 spiro atoms. The van der Waals surface area contributed by atoms with Crippen LogP contribution in [0, 0.1) is 17.8 Å². The molecule has 4 rings (SSSR count). The Morgan fingerprint density at radius 1 is 1.09 bits per heavy atom. The quantitative estimate of drug-likeness (QED) is 0.808. The second-order valence-electron chi connectivity index (χ2n) is 7.12. The Morgan fingerprint density at radius 2 is 1.91 bits per heavy atom. The summed E-state index contributed by atoms with van der Waals surface area (Å²) >= 11 is 0. The highest BCUT2D eigenvalue weighted by molar-refractivity contribution is 5.96. The summed E-state index contributed by atoms with van der Waals surface area (Å²) in [6.07, 6.45) is 6.13. The number of fused-ring (bicyclic) bond motifs is 3. The van der Waals surface area contributed by atoms with Gasteiger partial charge in [-0.3, -0.25) is 4.79 Å². The molecule has 2 fully saturated rings. The topological polar surface area (TPSA) is 20.3 Å². The Labute approximate surface area is 132 Å². The molecule has 3 unspecified atom stereocenters. The molecule has 22 heavy (non-hydrogen) atoms. The van der Waals surface area contributed by atoms with E-state index in [0.29, 0.717) is 5.92 Å². The smallest absolute Gasteiger partial charge is 0.227 e. The van der Waals surface area contributed by atoms with E-state index in [4.69, 9.17) is 0 Å². The number of hydrogen-bond acceptors (Lipinski definition) is 1. The molecule has 0 heterocycles. The van der Waals surface area contributed by atoms with Crippen molar-refractivity contribution >= 4 is 22.4 Å². The third kappa shape index (κ3) is 2.41. The van der Waals surface area contributed by atoms with Crippen LogP contribution in [-0.2, 0) is 4.79 Å². The van der Waals surface area contributed by atoms with Crippen molar-refractivity contribution in [2.24, 2.45) is 17.8 Å². The van der Waals surface area contributed by atoms with Crippen molar-refractivity contribution in [3.05, 3.63) is 42.5 Å². The SMILES string of the molecule is CN(C(=O)CC1CC2CCC1C2)c1ccc2ccccc2c1. The summed E-state index contributed by atoms with van der Waals surface area (Å²) in [7, 11) is 1.92. The Morgan fingerprint density at radius 3 is 2.64 bits per heavy atom. The molecular weight excluding hydrogens is 270 g/mol. The van der Waals surface area contributed by atoms with Gasteiger partial charge in [0, 0.05) is 19.2 Å². The molecule has 2 saturated carbocycles. The molecule has 2 aromatic rings. The van der Waals surface area contributed by atoms with Crippen LogP contribution in [0.3, 0.4) is 0 Å². The van der Waals surface area contributed by atoms with Gasteiger partial charge in [-0.2, -0.15) is 0 Å². The maximum absolute atomic E-state index is 12.6. The zero-order valence-electron chi connectivity index (χ0n) is 13.2. The van der Waals surface area contributed by atoms with Gasteiger partial charge in [0.1, 0.15) is 0 Å². The number of carbonyl (C=O) groups excluding carboxylic acids is 1. The Hall–Kier alpha value is -1.83. The minimum atomic E-state index is 0.271. The van der Waals surface area contributed by atoms with Crippen LogP contribution >= 0.6 is 0 Å². The lowest BCUT2D eigenvalue weighted by Gasteiger charge is -2.24. The van der Waals surface area contributed by atoms with E-state index in [1.807, 2.05) is 24.1 Å². The second kappa shape index (κ2) is 5.42. The number of rotatable bonds is 3. The van der Waals surface area contributed by atoms with Crippen molar-refractivity contribution in [3.63, 3.8) is 0 Å². The molecule has 0 aromatic heterocycles. The lowest BCUT2D eigenvalue weighted by Crippen LogP contribution is -2.29. The summed E-state index contributed by atoms with van der Waals surface area (Å²) in [6.45, 7) is 0. The molecule has 2 aromatic carbocycles. The third-order valence-electron chi connectivity index (χ3n) is 5.82. The molecule has 2 nitrogen and oxygen atoms in total. The monoisotopic (exact) mass is 293 g/mol. The van der Waals surface area contributed by atoms with Crippen LogP contribution in [0.15, 0.2) is 42.5 Å². The predicted molar refractivity (Wildman–Crippen MR) is 90.9 cm³/mol. The number of hydrogen-bond donors (Lipinski definition) is 0. The van der Waals surface area contributed by atoms with E-state index in [2.05, 4.69) is 30.3 Å². The fourth-order valence-corrected chi connectivity index (χ4v) is 4.52. The van der Waals surface area contributed by atoms with E-state index in [-0.39, 0.29) is 5.91 Å². The second-order valence-corrected chi connectivity index (χ2v) is 7.12. The zero-order chi connectivity index (χ0) is 15.1. The van der Waals surface area contributed by atoms with E-state index < -0.39 is 0 Å². The number of nitrogens with zero attached hydrogens (tertiary/aromatic N) is 1. The van der Waals surface area contributed by atoms with E-state index in [9.17, 15) is 4.79 Å². The molecule has 114 valence electrons. The molecule has 3 atom stereocenters. The van der Waals surface area contributed by atoms with Crippen molar-refractivity contribution in [1.29, 1.82) is 0 Å². The summed E-state index contributed by atoms with van der Waals surface area (Å²) in [5, 5.41) is 2.42.